The molecule has 1 amide bonds. The van der Waals surface area contributed by atoms with E-state index in [2.05, 4.69) is 19.9 Å². The van der Waals surface area contributed by atoms with E-state index in [1.807, 2.05) is 23.1 Å². The molecule has 0 atom stereocenters. The Balaban J connectivity index is 1.72. The topological polar surface area (TPSA) is 38.8 Å². The average molecular weight is 295 g/mol. The van der Waals surface area contributed by atoms with E-state index in [9.17, 15) is 4.79 Å². The summed E-state index contributed by atoms with van der Waals surface area (Å²) >= 11 is 0. The molecule has 0 bridgehead atoms. The fourth-order valence-corrected chi connectivity index (χ4v) is 3.21. The van der Waals surface area contributed by atoms with Crippen LogP contribution >= 0.6 is 0 Å². The lowest BCUT2D eigenvalue weighted by molar-refractivity contribution is 0.0985. The Morgan fingerprint density at radius 3 is 2.73 bits per heavy atom. The molecule has 2 aromatic carbocycles. The van der Waals surface area contributed by atoms with Crippen LogP contribution in [0.2, 0.25) is 0 Å². The number of rotatable bonds is 1. The quantitative estimate of drug-likeness (QED) is 0.810. The third-order valence-electron chi connectivity index (χ3n) is 4.34. The Bertz CT molecular complexity index is 767. The lowest BCUT2D eigenvalue weighted by atomic mass is 9.87. The molecule has 4 heteroatoms. The first-order valence-corrected chi connectivity index (χ1v) is 7.37. The van der Waals surface area contributed by atoms with Crippen molar-refractivity contribution < 1.29 is 14.3 Å². The van der Waals surface area contributed by atoms with Crippen molar-refractivity contribution in [2.45, 2.75) is 19.3 Å². The van der Waals surface area contributed by atoms with Gasteiger partial charge in [-0.2, -0.15) is 0 Å². The van der Waals surface area contributed by atoms with Crippen molar-refractivity contribution in [3.05, 3.63) is 53.6 Å². The Labute approximate surface area is 129 Å². The Hall–Kier alpha value is -2.49. The maximum absolute atomic E-state index is 12.9. The number of benzene rings is 2. The molecule has 0 unspecified atom stereocenters. The summed E-state index contributed by atoms with van der Waals surface area (Å²) in [4.78, 5) is 14.8. The fourth-order valence-electron chi connectivity index (χ4n) is 3.21. The summed E-state index contributed by atoms with van der Waals surface area (Å²) in [6.07, 6.45) is 0. The van der Waals surface area contributed by atoms with Gasteiger partial charge in [0.2, 0.25) is 6.79 Å². The molecule has 0 saturated carbocycles. The minimum Gasteiger partial charge on any atom is -0.454 e. The Kier molecular flexibility index (Phi) is 2.70. The maximum Gasteiger partial charge on any atom is 0.258 e. The highest BCUT2D eigenvalue weighted by atomic mass is 16.7. The van der Waals surface area contributed by atoms with Gasteiger partial charge in [-0.05, 0) is 29.8 Å². The standard InChI is InChI=1S/C18H17NO3/c1-18(2)10-19(14-6-4-3-5-13(14)18)17(20)12-7-8-15-16(9-12)22-11-21-15/h3-9H,10-11H2,1-2H3. The molecule has 0 aromatic heterocycles. The van der Waals surface area contributed by atoms with Gasteiger partial charge in [0.05, 0.1) is 0 Å². The van der Waals surface area contributed by atoms with Gasteiger partial charge in [-0.15, -0.1) is 0 Å². The molecule has 0 fully saturated rings. The summed E-state index contributed by atoms with van der Waals surface area (Å²) in [6, 6.07) is 13.5. The van der Waals surface area contributed by atoms with Crippen LogP contribution in [-0.4, -0.2) is 19.2 Å². The van der Waals surface area contributed by atoms with Gasteiger partial charge in [-0.25, -0.2) is 0 Å². The largest absolute Gasteiger partial charge is 0.454 e. The Morgan fingerprint density at radius 1 is 1.09 bits per heavy atom. The van der Waals surface area contributed by atoms with Crippen molar-refractivity contribution >= 4 is 11.6 Å². The fraction of sp³-hybridized carbons (Fsp3) is 0.278. The van der Waals surface area contributed by atoms with E-state index in [0.29, 0.717) is 23.6 Å². The number of anilines is 1. The van der Waals surface area contributed by atoms with Gasteiger partial charge in [0.1, 0.15) is 0 Å². The second-order valence-corrected chi connectivity index (χ2v) is 6.36. The molecule has 0 aliphatic carbocycles. The summed E-state index contributed by atoms with van der Waals surface area (Å²) < 4.78 is 10.7. The van der Waals surface area contributed by atoms with E-state index >= 15 is 0 Å². The molecule has 2 aromatic rings. The number of carbonyl (C=O) groups is 1. The number of amides is 1. The zero-order valence-electron chi connectivity index (χ0n) is 12.6. The van der Waals surface area contributed by atoms with Crippen molar-refractivity contribution in [1.29, 1.82) is 0 Å². The summed E-state index contributed by atoms with van der Waals surface area (Å²) in [5, 5.41) is 0. The van der Waals surface area contributed by atoms with Crippen LogP contribution in [0.5, 0.6) is 11.5 Å². The molecule has 4 nitrogen and oxygen atoms in total. The normalized spacial score (nSPS) is 17.5. The van der Waals surface area contributed by atoms with Crippen LogP contribution < -0.4 is 14.4 Å². The van der Waals surface area contributed by atoms with E-state index in [0.717, 1.165) is 5.69 Å². The van der Waals surface area contributed by atoms with E-state index in [-0.39, 0.29) is 18.1 Å². The zero-order valence-corrected chi connectivity index (χ0v) is 12.6. The highest BCUT2D eigenvalue weighted by molar-refractivity contribution is 6.08. The monoisotopic (exact) mass is 295 g/mol. The number of ether oxygens (including phenoxy) is 2. The van der Waals surface area contributed by atoms with Gasteiger partial charge in [-0.1, -0.05) is 32.0 Å². The molecule has 2 heterocycles. The minimum atomic E-state index is -0.0391. The van der Waals surface area contributed by atoms with Gasteiger partial charge in [0.15, 0.2) is 11.5 Å². The lowest BCUT2D eigenvalue weighted by Gasteiger charge is -2.21. The first-order valence-electron chi connectivity index (χ1n) is 7.37. The third kappa shape index (κ3) is 1.87. The summed E-state index contributed by atoms with van der Waals surface area (Å²) in [5.74, 6) is 1.33. The van der Waals surface area contributed by atoms with E-state index in [1.165, 1.54) is 5.56 Å². The first kappa shape index (κ1) is 13.2. The zero-order chi connectivity index (χ0) is 15.3. The molecule has 0 N–H and O–H groups in total. The number of hydrogen-bond acceptors (Lipinski definition) is 3. The van der Waals surface area contributed by atoms with Crippen LogP contribution in [0.15, 0.2) is 42.5 Å². The summed E-state index contributed by atoms with van der Waals surface area (Å²) in [5.41, 5.74) is 2.79. The molecule has 2 aliphatic heterocycles. The van der Waals surface area contributed by atoms with Crippen molar-refractivity contribution in [2.24, 2.45) is 0 Å². The van der Waals surface area contributed by atoms with Gasteiger partial charge >= 0.3 is 0 Å². The van der Waals surface area contributed by atoms with Crippen LogP contribution in [0.1, 0.15) is 29.8 Å². The smallest absolute Gasteiger partial charge is 0.258 e. The van der Waals surface area contributed by atoms with E-state index in [4.69, 9.17) is 9.47 Å². The molecule has 0 spiro atoms. The van der Waals surface area contributed by atoms with Crippen molar-refractivity contribution in [3.8, 4) is 11.5 Å². The molecular weight excluding hydrogens is 278 g/mol. The van der Waals surface area contributed by atoms with E-state index < -0.39 is 0 Å². The van der Waals surface area contributed by atoms with Crippen molar-refractivity contribution in [3.63, 3.8) is 0 Å². The Morgan fingerprint density at radius 2 is 1.86 bits per heavy atom. The first-order chi connectivity index (χ1) is 10.6. The van der Waals surface area contributed by atoms with Gasteiger partial charge in [0, 0.05) is 23.2 Å². The minimum absolute atomic E-state index is 0.00340. The van der Waals surface area contributed by atoms with Crippen LogP contribution in [-0.2, 0) is 5.41 Å². The second kappa shape index (κ2) is 4.50. The van der Waals surface area contributed by atoms with Gasteiger partial charge in [-0.3, -0.25) is 4.79 Å². The summed E-state index contributed by atoms with van der Waals surface area (Å²) in [6.45, 7) is 5.23. The second-order valence-electron chi connectivity index (χ2n) is 6.36. The van der Waals surface area contributed by atoms with Gasteiger partial charge < -0.3 is 14.4 Å². The molecule has 0 radical (unpaired) electrons. The lowest BCUT2D eigenvalue weighted by Crippen LogP contribution is -2.33. The predicted octanol–water partition coefficient (Wildman–Crippen LogP) is 3.35. The highest BCUT2D eigenvalue weighted by Gasteiger charge is 2.38. The van der Waals surface area contributed by atoms with E-state index in [1.54, 1.807) is 18.2 Å². The van der Waals surface area contributed by atoms with Gasteiger partial charge in [0.25, 0.3) is 5.91 Å². The molecule has 4 rings (SSSR count). The molecule has 22 heavy (non-hydrogen) atoms. The number of para-hydroxylation sites is 1. The molecule has 0 saturated heterocycles. The number of fused-ring (bicyclic) bond motifs is 2. The maximum atomic E-state index is 12.9. The molecule has 112 valence electrons. The van der Waals surface area contributed by atoms with Crippen molar-refractivity contribution in [2.75, 3.05) is 18.2 Å². The number of carbonyl (C=O) groups excluding carboxylic acids is 1. The summed E-state index contributed by atoms with van der Waals surface area (Å²) in [7, 11) is 0. The SMILES string of the molecule is CC1(C)CN(C(=O)c2ccc3c(c2)OCO3)c2ccccc21. The van der Waals surface area contributed by atoms with Crippen LogP contribution in [0, 0.1) is 0 Å². The molecule has 2 aliphatic rings. The number of nitrogens with zero attached hydrogens (tertiary/aromatic N) is 1. The highest BCUT2D eigenvalue weighted by Crippen LogP contribution is 2.41. The number of hydrogen-bond donors (Lipinski definition) is 0. The molecular formula is C18H17NO3. The van der Waals surface area contributed by atoms with Crippen LogP contribution in [0.25, 0.3) is 0 Å². The van der Waals surface area contributed by atoms with Crippen molar-refractivity contribution in [1.82, 2.24) is 0 Å². The average Bonchev–Trinajstić information content (AvgIpc) is 3.09. The van der Waals surface area contributed by atoms with Crippen LogP contribution in [0.3, 0.4) is 0 Å². The third-order valence-corrected chi connectivity index (χ3v) is 4.34. The predicted molar refractivity (Wildman–Crippen MR) is 83.7 cm³/mol. The van der Waals surface area contributed by atoms with Crippen LogP contribution in [0.4, 0.5) is 5.69 Å².